The second-order valence-corrected chi connectivity index (χ2v) is 6.24. The summed E-state index contributed by atoms with van der Waals surface area (Å²) in [4.78, 5) is 6.41. The summed E-state index contributed by atoms with van der Waals surface area (Å²) in [6.45, 7) is 4.59. The normalized spacial score (nSPS) is 11.9. The molecule has 0 aliphatic carbocycles. The van der Waals surface area contributed by atoms with Crippen molar-refractivity contribution >= 4 is 10.0 Å². The van der Waals surface area contributed by atoms with Gasteiger partial charge in [-0.15, -0.1) is 0 Å². The smallest absolute Gasteiger partial charge is 0.260 e. The molecule has 6 heteroatoms. The Kier molecular flexibility index (Phi) is 4.01. The predicted octanol–water partition coefficient (Wildman–Crippen LogP) is 1.93. The van der Waals surface area contributed by atoms with E-state index in [1.54, 1.807) is 0 Å². The van der Waals surface area contributed by atoms with Crippen LogP contribution < -0.4 is 0 Å². The van der Waals surface area contributed by atoms with E-state index in [9.17, 15) is 8.42 Å². The van der Waals surface area contributed by atoms with Crippen molar-refractivity contribution in [2.45, 2.75) is 25.4 Å². The third kappa shape index (κ3) is 3.02. The van der Waals surface area contributed by atoms with Gasteiger partial charge in [-0.1, -0.05) is 36.8 Å². The Morgan fingerprint density at radius 3 is 2.74 bits per heavy atom. The van der Waals surface area contributed by atoms with Gasteiger partial charge in [0, 0.05) is 13.1 Å². The van der Waals surface area contributed by atoms with Crippen molar-refractivity contribution in [3.8, 4) is 0 Å². The Hall–Kier alpha value is -1.66. The van der Waals surface area contributed by atoms with Crippen LogP contribution in [0.3, 0.4) is 0 Å². The Bertz CT molecular complexity index is 636. The van der Waals surface area contributed by atoms with Gasteiger partial charge >= 0.3 is 0 Å². The maximum absolute atomic E-state index is 12.4. The molecule has 102 valence electrons. The lowest BCUT2D eigenvalue weighted by atomic mass is 10.1. The first-order valence-electron chi connectivity index (χ1n) is 6.08. The molecule has 0 spiro atoms. The Morgan fingerprint density at radius 1 is 1.37 bits per heavy atom. The highest BCUT2D eigenvalue weighted by atomic mass is 32.2. The first kappa shape index (κ1) is 13.8. The van der Waals surface area contributed by atoms with Crippen LogP contribution in [0, 0.1) is 6.92 Å². The fraction of sp³-hybridized carbons (Fsp3) is 0.308. The fourth-order valence-electron chi connectivity index (χ4n) is 1.90. The van der Waals surface area contributed by atoms with E-state index in [0.29, 0.717) is 13.1 Å². The summed E-state index contributed by atoms with van der Waals surface area (Å²) >= 11 is 0. The van der Waals surface area contributed by atoms with Gasteiger partial charge < -0.3 is 4.98 Å². The zero-order valence-corrected chi connectivity index (χ0v) is 11.8. The number of aryl methyl sites for hydroxylation is 1. The Labute approximate surface area is 113 Å². The lowest BCUT2D eigenvalue weighted by molar-refractivity contribution is 0.421. The van der Waals surface area contributed by atoms with Crippen LogP contribution in [0.5, 0.6) is 0 Å². The Morgan fingerprint density at radius 2 is 2.16 bits per heavy atom. The molecule has 0 aliphatic rings. The van der Waals surface area contributed by atoms with Crippen LogP contribution in [0.4, 0.5) is 0 Å². The number of hydrogen-bond donors (Lipinski definition) is 1. The van der Waals surface area contributed by atoms with Crippen molar-refractivity contribution in [2.24, 2.45) is 0 Å². The van der Waals surface area contributed by atoms with Crippen LogP contribution >= 0.6 is 0 Å². The van der Waals surface area contributed by atoms with E-state index in [0.717, 1.165) is 11.1 Å². The molecule has 5 nitrogen and oxygen atoms in total. The molecule has 0 amide bonds. The molecule has 0 radical (unpaired) electrons. The molecule has 0 bridgehead atoms. The summed E-state index contributed by atoms with van der Waals surface area (Å²) in [7, 11) is -3.50. The highest BCUT2D eigenvalue weighted by molar-refractivity contribution is 7.89. The fourth-order valence-corrected chi connectivity index (χ4v) is 3.24. The number of hydrogen-bond acceptors (Lipinski definition) is 3. The molecular formula is C13H17N3O2S. The number of imidazole rings is 1. The summed E-state index contributed by atoms with van der Waals surface area (Å²) < 4.78 is 26.2. The van der Waals surface area contributed by atoms with Gasteiger partial charge in [0.2, 0.25) is 0 Å². The maximum Gasteiger partial charge on any atom is 0.260 e. The van der Waals surface area contributed by atoms with Crippen LogP contribution in [0.2, 0.25) is 0 Å². The number of nitrogens with zero attached hydrogens (tertiary/aromatic N) is 2. The van der Waals surface area contributed by atoms with Crippen LogP contribution in [0.15, 0.2) is 41.8 Å². The number of benzene rings is 1. The van der Waals surface area contributed by atoms with E-state index in [-0.39, 0.29) is 5.03 Å². The second kappa shape index (κ2) is 5.54. The summed E-state index contributed by atoms with van der Waals surface area (Å²) in [5.74, 6) is 0. The molecule has 0 unspecified atom stereocenters. The van der Waals surface area contributed by atoms with E-state index in [4.69, 9.17) is 0 Å². The molecule has 19 heavy (non-hydrogen) atoms. The largest absolute Gasteiger partial charge is 0.335 e. The van der Waals surface area contributed by atoms with Gasteiger partial charge in [-0.05, 0) is 12.5 Å². The molecular weight excluding hydrogens is 262 g/mol. The van der Waals surface area contributed by atoms with Gasteiger partial charge in [0.1, 0.15) is 0 Å². The van der Waals surface area contributed by atoms with Gasteiger partial charge in [0.25, 0.3) is 10.0 Å². The summed E-state index contributed by atoms with van der Waals surface area (Å²) in [5, 5.41) is 0.127. The number of H-pyrrole nitrogens is 1. The molecule has 0 aliphatic heterocycles. The van der Waals surface area contributed by atoms with Crippen molar-refractivity contribution in [3.63, 3.8) is 0 Å². The quantitative estimate of drug-likeness (QED) is 0.909. The number of aromatic amines is 1. The van der Waals surface area contributed by atoms with Gasteiger partial charge in [-0.2, -0.15) is 4.31 Å². The van der Waals surface area contributed by atoms with E-state index >= 15 is 0 Å². The number of nitrogens with one attached hydrogen (secondary N) is 1. The zero-order chi connectivity index (χ0) is 13.9. The molecule has 0 atom stereocenters. The van der Waals surface area contributed by atoms with Crippen LogP contribution in [0.25, 0.3) is 0 Å². The molecule has 0 fully saturated rings. The minimum Gasteiger partial charge on any atom is -0.335 e. The van der Waals surface area contributed by atoms with Gasteiger partial charge in [0.05, 0.1) is 12.5 Å². The summed E-state index contributed by atoms with van der Waals surface area (Å²) in [6, 6.07) is 7.84. The zero-order valence-electron chi connectivity index (χ0n) is 11.0. The SMILES string of the molecule is CCN(Cc1cccc(C)c1)S(=O)(=O)c1cnc[nH]1. The minimum absolute atomic E-state index is 0.127. The van der Waals surface area contributed by atoms with Crippen molar-refractivity contribution < 1.29 is 8.42 Å². The maximum atomic E-state index is 12.4. The van der Waals surface area contributed by atoms with Gasteiger partial charge in [0.15, 0.2) is 5.03 Å². The first-order valence-corrected chi connectivity index (χ1v) is 7.52. The van der Waals surface area contributed by atoms with Gasteiger partial charge in [-0.3, -0.25) is 0 Å². The number of rotatable bonds is 5. The first-order chi connectivity index (χ1) is 9.04. The predicted molar refractivity (Wildman–Crippen MR) is 73.0 cm³/mol. The standard InChI is InChI=1S/C13H17N3O2S/c1-3-16(9-12-6-4-5-11(2)7-12)19(17,18)13-8-14-10-15-13/h4-8,10H,3,9H2,1-2H3,(H,14,15). The highest BCUT2D eigenvalue weighted by Gasteiger charge is 2.24. The molecule has 1 aromatic heterocycles. The topological polar surface area (TPSA) is 66.1 Å². The molecule has 0 saturated carbocycles. The van der Waals surface area contributed by atoms with E-state index in [2.05, 4.69) is 9.97 Å². The second-order valence-electron chi connectivity index (χ2n) is 4.34. The van der Waals surface area contributed by atoms with Gasteiger partial charge in [-0.25, -0.2) is 13.4 Å². The van der Waals surface area contributed by atoms with Crippen molar-refractivity contribution in [1.29, 1.82) is 0 Å². The molecule has 2 rings (SSSR count). The van der Waals surface area contributed by atoms with E-state index in [1.165, 1.54) is 16.8 Å². The summed E-state index contributed by atoms with van der Waals surface area (Å²) in [6.07, 6.45) is 2.70. The summed E-state index contributed by atoms with van der Waals surface area (Å²) in [5.41, 5.74) is 2.09. The van der Waals surface area contributed by atoms with E-state index < -0.39 is 10.0 Å². The molecule has 2 aromatic rings. The Balaban J connectivity index is 2.26. The van der Waals surface area contributed by atoms with Crippen LogP contribution in [-0.4, -0.2) is 29.2 Å². The lowest BCUT2D eigenvalue weighted by Crippen LogP contribution is -2.30. The molecule has 1 aromatic carbocycles. The highest BCUT2D eigenvalue weighted by Crippen LogP contribution is 2.16. The number of sulfonamides is 1. The third-order valence-electron chi connectivity index (χ3n) is 2.89. The van der Waals surface area contributed by atoms with Crippen molar-refractivity contribution in [2.75, 3.05) is 6.54 Å². The van der Waals surface area contributed by atoms with Crippen LogP contribution in [0.1, 0.15) is 18.1 Å². The lowest BCUT2D eigenvalue weighted by Gasteiger charge is -2.19. The van der Waals surface area contributed by atoms with Crippen molar-refractivity contribution in [1.82, 2.24) is 14.3 Å². The average molecular weight is 279 g/mol. The molecule has 0 saturated heterocycles. The number of aromatic nitrogens is 2. The average Bonchev–Trinajstić information content (AvgIpc) is 2.90. The van der Waals surface area contributed by atoms with Crippen molar-refractivity contribution in [3.05, 3.63) is 47.9 Å². The monoisotopic (exact) mass is 279 g/mol. The third-order valence-corrected chi connectivity index (χ3v) is 4.73. The molecule has 1 heterocycles. The molecule has 1 N–H and O–H groups in total. The van der Waals surface area contributed by atoms with Crippen LogP contribution in [-0.2, 0) is 16.6 Å². The van der Waals surface area contributed by atoms with E-state index in [1.807, 2.05) is 38.1 Å². The minimum atomic E-state index is -3.50.